The van der Waals surface area contributed by atoms with Crippen LogP contribution in [-0.2, 0) is 14.4 Å². The van der Waals surface area contributed by atoms with Crippen LogP contribution < -0.4 is 15.4 Å². The normalized spacial score (nSPS) is 14.0. The van der Waals surface area contributed by atoms with Crippen molar-refractivity contribution in [1.82, 2.24) is 10.2 Å². The zero-order valence-corrected chi connectivity index (χ0v) is 17.8. The highest BCUT2D eigenvalue weighted by Gasteiger charge is 2.27. The minimum Gasteiger partial charge on any atom is -0.493 e. The number of amides is 3. The molecule has 2 N–H and O–H groups in total. The van der Waals surface area contributed by atoms with Gasteiger partial charge in [0.15, 0.2) is 17.5 Å². The average molecular weight is 463 g/mol. The number of hydrogen-bond donors (Lipinski definition) is 2. The minimum absolute atomic E-state index is 0.0577. The van der Waals surface area contributed by atoms with E-state index in [2.05, 4.69) is 10.6 Å². The Balaban J connectivity index is 1.36. The number of carbonyl (C=O) groups excluding carboxylic acids is 3. The third-order valence-electron chi connectivity index (χ3n) is 5.28. The van der Waals surface area contributed by atoms with Crippen molar-refractivity contribution < 1.29 is 32.3 Å². The minimum atomic E-state index is -1.69. The average Bonchev–Trinajstić information content (AvgIpc) is 2.83. The van der Waals surface area contributed by atoms with Gasteiger partial charge in [0.25, 0.3) is 0 Å². The van der Waals surface area contributed by atoms with Crippen LogP contribution in [0, 0.1) is 23.4 Å². The number of nitrogens with zero attached hydrogens (tertiary/aromatic N) is 1. The molecule has 1 saturated heterocycles. The van der Waals surface area contributed by atoms with E-state index < -0.39 is 35.6 Å². The third kappa shape index (κ3) is 6.71. The van der Waals surface area contributed by atoms with E-state index in [-0.39, 0.29) is 30.8 Å². The Labute approximate surface area is 188 Å². The Kier molecular flexibility index (Phi) is 8.28. The SMILES string of the molecule is O=C(CNC(=O)C1CCN(C(=O)CCOc2ccccc2)CC1)Nc1ccc(F)c(F)c1F. The fourth-order valence-electron chi connectivity index (χ4n) is 3.45. The predicted octanol–water partition coefficient (Wildman–Crippen LogP) is 2.87. The number of ether oxygens (including phenoxy) is 1. The molecule has 1 heterocycles. The van der Waals surface area contributed by atoms with E-state index in [0.29, 0.717) is 37.7 Å². The van der Waals surface area contributed by atoms with Crippen molar-refractivity contribution in [3.8, 4) is 5.75 Å². The molecule has 0 unspecified atom stereocenters. The summed E-state index contributed by atoms with van der Waals surface area (Å²) >= 11 is 0. The summed E-state index contributed by atoms with van der Waals surface area (Å²) in [5.74, 6) is -5.45. The summed E-state index contributed by atoms with van der Waals surface area (Å²) in [5, 5.41) is 4.54. The van der Waals surface area contributed by atoms with E-state index >= 15 is 0 Å². The van der Waals surface area contributed by atoms with E-state index in [4.69, 9.17) is 4.74 Å². The van der Waals surface area contributed by atoms with Gasteiger partial charge in [0, 0.05) is 19.0 Å². The molecule has 0 atom stereocenters. The van der Waals surface area contributed by atoms with Crippen LogP contribution >= 0.6 is 0 Å². The molecular formula is C23H24F3N3O4. The van der Waals surface area contributed by atoms with Gasteiger partial charge in [-0.1, -0.05) is 18.2 Å². The van der Waals surface area contributed by atoms with Crippen LogP contribution in [0.25, 0.3) is 0 Å². The highest BCUT2D eigenvalue weighted by Crippen LogP contribution is 2.20. The molecule has 0 aliphatic carbocycles. The Morgan fingerprint density at radius 1 is 0.970 bits per heavy atom. The molecule has 0 radical (unpaired) electrons. The summed E-state index contributed by atoms with van der Waals surface area (Å²) in [6, 6.07) is 10.8. The van der Waals surface area contributed by atoms with Crippen LogP contribution in [0.4, 0.5) is 18.9 Å². The highest BCUT2D eigenvalue weighted by molar-refractivity contribution is 5.95. The lowest BCUT2D eigenvalue weighted by Crippen LogP contribution is -2.44. The molecule has 1 aliphatic rings. The molecule has 0 bridgehead atoms. The highest BCUT2D eigenvalue weighted by atomic mass is 19.2. The number of para-hydroxylation sites is 1. The summed E-state index contributed by atoms with van der Waals surface area (Å²) in [7, 11) is 0. The molecule has 0 spiro atoms. The van der Waals surface area contributed by atoms with Crippen molar-refractivity contribution in [2.24, 2.45) is 5.92 Å². The zero-order chi connectivity index (χ0) is 23.8. The van der Waals surface area contributed by atoms with E-state index in [1.807, 2.05) is 30.3 Å². The van der Waals surface area contributed by atoms with Gasteiger partial charge >= 0.3 is 0 Å². The Bertz CT molecular complexity index is 996. The van der Waals surface area contributed by atoms with Gasteiger partial charge < -0.3 is 20.3 Å². The molecule has 2 aromatic carbocycles. The van der Waals surface area contributed by atoms with E-state index in [9.17, 15) is 27.6 Å². The van der Waals surface area contributed by atoms with Gasteiger partial charge in [0.05, 0.1) is 25.3 Å². The van der Waals surface area contributed by atoms with Gasteiger partial charge in [-0.15, -0.1) is 0 Å². The maximum Gasteiger partial charge on any atom is 0.243 e. The summed E-state index contributed by atoms with van der Waals surface area (Å²) in [6.45, 7) is 0.632. The first kappa shape index (κ1) is 24.1. The summed E-state index contributed by atoms with van der Waals surface area (Å²) in [4.78, 5) is 38.3. The lowest BCUT2D eigenvalue weighted by Gasteiger charge is -2.31. The number of anilines is 1. The van der Waals surface area contributed by atoms with Crippen LogP contribution in [0.15, 0.2) is 42.5 Å². The second kappa shape index (κ2) is 11.3. The van der Waals surface area contributed by atoms with Gasteiger partial charge in [-0.2, -0.15) is 0 Å². The second-order valence-corrected chi connectivity index (χ2v) is 7.56. The lowest BCUT2D eigenvalue weighted by molar-refractivity contribution is -0.136. The number of hydrogen-bond acceptors (Lipinski definition) is 4. The number of likely N-dealkylation sites (tertiary alicyclic amines) is 1. The molecule has 1 fully saturated rings. The number of nitrogens with one attached hydrogen (secondary N) is 2. The van der Waals surface area contributed by atoms with Gasteiger partial charge in [-0.05, 0) is 37.1 Å². The van der Waals surface area contributed by atoms with Gasteiger partial charge in [0.2, 0.25) is 17.7 Å². The third-order valence-corrected chi connectivity index (χ3v) is 5.28. The van der Waals surface area contributed by atoms with Gasteiger partial charge in [-0.25, -0.2) is 13.2 Å². The second-order valence-electron chi connectivity index (χ2n) is 7.56. The molecule has 33 heavy (non-hydrogen) atoms. The molecule has 3 amide bonds. The number of carbonyl (C=O) groups is 3. The molecule has 176 valence electrons. The maximum atomic E-state index is 13.6. The molecule has 2 aromatic rings. The van der Waals surface area contributed by atoms with Crippen molar-refractivity contribution in [1.29, 1.82) is 0 Å². The molecule has 0 aromatic heterocycles. The van der Waals surface area contributed by atoms with Crippen molar-refractivity contribution >= 4 is 23.4 Å². The van der Waals surface area contributed by atoms with Crippen molar-refractivity contribution in [3.63, 3.8) is 0 Å². The fourth-order valence-corrected chi connectivity index (χ4v) is 3.45. The van der Waals surface area contributed by atoms with E-state index in [1.165, 1.54) is 0 Å². The quantitative estimate of drug-likeness (QED) is 0.590. The van der Waals surface area contributed by atoms with Crippen LogP contribution in [0.1, 0.15) is 19.3 Å². The summed E-state index contributed by atoms with van der Waals surface area (Å²) < 4.78 is 45.3. The number of benzene rings is 2. The van der Waals surface area contributed by atoms with Crippen molar-refractivity contribution in [3.05, 3.63) is 59.9 Å². The van der Waals surface area contributed by atoms with Crippen LogP contribution in [0.3, 0.4) is 0 Å². The van der Waals surface area contributed by atoms with Crippen LogP contribution in [-0.4, -0.2) is 48.9 Å². The number of halogens is 3. The molecule has 3 rings (SSSR count). The molecular weight excluding hydrogens is 439 g/mol. The van der Waals surface area contributed by atoms with Crippen molar-refractivity contribution in [2.75, 3.05) is 31.6 Å². The molecule has 1 aliphatic heterocycles. The van der Waals surface area contributed by atoms with E-state index in [0.717, 1.165) is 6.07 Å². The number of rotatable bonds is 8. The fraction of sp³-hybridized carbons (Fsp3) is 0.348. The molecule has 7 nitrogen and oxygen atoms in total. The Morgan fingerprint density at radius 3 is 2.36 bits per heavy atom. The topological polar surface area (TPSA) is 87.7 Å². The molecule has 10 heteroatoms. The largest absolute Gasteiger partial charge is 0.493 e. The van der Waals surface area contributed by atoms with Crippen LogP contribution in [0.2, 0.25) is 0 Å². The zero-order valence-electron chi connectivity index (χ0n) is 17.8. The summed E-state index contributed by atoms with van der Waals surface area (Å²) in [5.41, 5.74) is -0.517. The Hall–Kier alpha value is -3.56. The lowest BCUT2D eigenvalue weighted by atomic mass is 9.95. The first-order chi connectivity index (χ1) is 15.8. The number of piperidine rings is 1. The smallest absolute Gasteiger partial charge is 0.243 e. The van der Waals surface area contributed by atoms with Gasteiger partial charge in [0.1, 0.15) is 5.75 Å². The predicted molar refractivity (Wildman–Crippen MR) is 114 cm³/mol. The van der Waals surface area contributed by atoms with Crippen molar-refractivity contribution in [2.45, 2.75) is 19.3 Å². The Morgan fingerprint density at radius 2 is 1.67 bits per heavy atom. The summed E-state index contributed by atoms with van der Waals surface area (Å²) in [6.07, 6.45) is 1.11. The van der Waals surface area contributed by atoms with E-state index in [1.54, 1.807) is 4.90 Å². The maximum absolute atomic E-state index is 13.6. The van der Waals surface area contributed by atoms with Gasteiger partial charge in [-0.3, -0.25) is 14.4 Å². The first-order valence-corrected chi connectivity index (χ1v) is 10.5. The molecule has 0 saturated carbocycles. The standard InChI is InChI=1S/C23H24F3N3O4/c24-17-6-7-18(22(26)21(17)25)28-19(30)14-27-23(32)15-8-11-29(12-9-15)20(31)10-13-33-16-4-2-1-3-5-16/h1-7,15H,8-14H2,(H,27,32)(H,28,30). The van der Waals surface area contributed by atoms with Crippen LogP contribution in [0.5, 0.6) is 5.75 Å². The monoisotopic (exact) mass is 463 g/mol. The first-order valence-electron chi connectivity index (χ1n) is 10.5.